The van der Waals surface area contributed by atoms with Crippen LogP contribution >= 0.6 is 0 Å². The molecule has 17 heavy (non-hydrogen) atoms. The van der Waals surface area contributed by atoms with Crippen LogP contribution in [0.15, 0.2) is 18.2 Å². The maximum absolute atomic E-state index is 13.1. The zero-order chi connectivity index (χ0) is 12.3. The van der Waals surface area contributed by atoms with Crippen LogP contribution in [0.1, 0.15) is 32.1 Å². The summed E-state index contributed by atoms with van der Waals surface area (Å²) in [6.45, 7) is 0. The molecule has 92 valence electrons. The highest BCUT2D eigenvalue weighted by Crippen LogP contribution is 2.26. The standard InChI is InChI=1S/C13H16FNO2/c14-11-8-10(6-7-12(11)16)15-13(17)9-4-2-1-3-5-9/h6-9,16H,1-5H2,(H,15,17). The van der Waals surface area contributed by atoms with Crippen molar-refractivity contribution < 1.29 is 14.3 Å². The Bertz CT molecular complexity index is 414. The fourth-order valence-corrected chi connectivity index (χ4v) is 2.19. The third kappa shape index (κ3) is 2.96. The van der Waals surface area contributed by atoms with Crippen LogP contribution in [0.4, 0.5) is 10.1 Å². The molecule has 1 fully saturated rings. The van der Waals surface area contributed by atoms with Gasteiger partial charge in [-0.15, -0.1) is 0 Å². The molecule has 2 rings (SSSR count). The van der Waals surface area contributed by atoms with E-state index < -0.39 is 11.6 Å². The average molecular weight is 237 g/mol. The molecule has 0 heterocycles. The number of carbonyl (C=O) groups excluding carboxylic acids is 1. The minimum Gasteiger partial charge on any atom is -0.505 e. The fraction of sp³-hybridized carbons (Fsp3) is 0.462. The number of amides is 1. The summed E-state index contributed by atoms with van der Waals surface area (Å²) in [5, 5.41) is 11.7. The highest BCUT2D eigenvalue weighted by atomic mass is 19.1. The van der Waals surface area contributed by atoms with E-state index in [1.165, 1.54) is 18.6 Å². The molecule has 3 nitrogen and oxygen atoms in total. The molecule has 1 amide bonds. The fourth-order valence-electron chi connectivity index (χ4n) is 2.19. The Morgan fingerprint density at radius 2 is 2.00 bits per heavy atom. The van der Waals surface area contributed by atoms with E-state index in [9.17, 15) is 9.18 Å². The zero-order valence-corrected chi connectivity index (χ0v) is 9.58. The van der Waals surface area contributed by atoms with Gasteiger partial charge in [-0.05, 0) is 25.0 Å². The summed E-state index contributed by atoms with van der Waals surface area (Å²) in [4.78, 5) is 11.9. The van der Waals surface area contributed by atoms with E-state index in [2.05, 4.69) is 5.32 Å². The third-order valence-corrected chi connectivity index (χ3v) is 3.19. The van der Waals surface area contributed by atoms with Crippen molar-refractivity contribution in [3.63, 3.8) is 0 Å². The molecule has 1 aromatic carbocycles. The predicted octanol–water partition coefficient (Wildman–Crippen LogP) is 3.05. The van der Waals surface area contributed by atoms with Crippen molar-refractivity contribution in [1.82, 2.24) is 0 Å². The van der Waals surface area contributed by atoms with E-state index in [1.54, 1.807) is 0 Å². The number of aromatic hydroxyl groups is 1. The van der Waals surface area contributed by atoms with Crippen molar-refractivity contribution >= 4 is 11.6 Å². The number of anilines is 1. The summed E-state index contributed by atoms with van der Waals surface area (Å²) < 4.78 is 13.1. The van der Waals surface area contributed by atoms with E-state index in [0.29, 0.717) is 5.69 Å². The Kier molecular flexibility index (Phi) is 3.61. The minimum atomic E-state index is -0.716. The zero-order valence-electron chi connectivity index (χ0n) is 9.58. The lowest BCUT2D eigenvalue weighted by Crippen LogP contribution is -2.24. The highest BCUT2D eigenvalue weighted by molar-refractivity contribution is 5.92. The summed E-state index contributed by atoms with van der Waals surface area (Å²) in [6.07, 6.45) is 5.18. The summed E-state index contributed by atoms with van der Waals surface area (Å²) >= 11 is 0. The Labute approximate surface area is 99.7 Å². The average Bonchev–Trinajstić information content (AvgIpc) is 2.35. The number of rotatable bonds is 2. The van der Waals surface area contributed by atoms with Gasteiger partial charge in [-0.2, -0.15) is 0 Å². The molecule has 2 N–H and O–H groups in total. The van der Waals surface area contributed by atoms with Gasteiger partial charge < -0.3 is 10.4 Å². The van der Waals surface area contributed by atoms with E-state index in [-0.39, 0.29) is 11.8 Å². The first-order valence-corrected chi connectivity index (χ1v) is 5.96. The molecule has 0 aromatic heterocycles. The van der Waals surface area contributed by atoms with E-state index >= 15 is 0 Å². The van der Waals surface area contributed by atoms with Crippen LogP contribution in [0.25, 0.3) is 0 Å². The van der Waals surface area contributed by atoms with E-state index in [0.717, 1.165) is 31.7 Å². The molecule has 0 saturated heterocycles. The molecule has 0 unspecified atom stereocenters. The van der Waals surface area contributed by atoms with Crippen LogP contribution in [0.3, 0.4) is 0 Å². The third-order valence-electron chi connectivity index (χ3n) is 3.19. The molecular formula is C13H16FNO2. The molecule has 0 radical (unpaired) electrons. The van der Waals surface area contributed by atoms with Gasteiger partial charge in [0, 0.05) is 17.7 Å². The van der Waals surface area contributed by atoms with Crippen molar-refractivity contribution in [3.8, 4) is 5.75 Å². The van der Waals surface area contributed by atoms with Crippen molar-refractivity contribution in [1.29, 1.82) is 0 Å². The first-order valence-electron chi connectivity index (χ1n) is 5.96. The van der Waals surface area contributed by atoms with Crippen LogP contribution in [-0.2, 0) is 4.79 Å². The number of hydrogen-bond acceptors (Lipinski definition) is 2. The number of hydrogen-bond donors (Lipinski definition) is 2. The first-order chi connectivity index (χ1) is 8.16. The number of nitrogens with one attached hydrogen (secondary N) is 1. The molecule has 0 bridgehead atoms. The molecule has 1 saturated carbocycles. The Morgan fingerprint density at radius 3 is 2.65 bits per heavy atom. The summed E-state index contributed by atoms with van der Waals surface area (Å²) in [5.74, 6) is -1.12. The SMILES string of the molecule is O=C(Nc1ccc(O)c(F)c1)C1CCCCC1. The van der Waals surface area contributed by atoms with E-state index in [4.69, 9.17) is 5.11 Å². The summed E-state index contributed by atoms with van der Waals surface area (Å²) in [5.41, 5.74) is 0.399. The van der Waals surface area contributed by atoms with Gasteiger partial charge in [0.05, 0.1) is 0 Å². The second-order valence-corrected chi connectivity index (χ2v) is 4.49. The largest absolute Gasteiger partial charge is 0.505 e. The molecule has 1 aliphatic carbocycles. The van der Waals surface area contributed by atoms with Gasteiger partial charge in [0.2, 0.25) is 5.91 Å². The normalized spacial score (nSPS) is 16.8. The lowest BCUT2D eigenvalue weighted by molar-refractivity contribution is -0.120. The molecular weight excluding hydrogens is 221 g/mol. The molecule has 4 heteroatoms. The van der Waals surface area contributed by atoms with Crippen molar-refractivity contribution in [3.05, 3.63) is 24.0 Å². The van der Waals surface area contributed by atoms with Gasteiger partial charge in [-0.25, -0.2) is 4.39 Å². The summed E-state index contributed by atoms with van der Waals surface area (Å²) in [6, 6.07) is 3.88. The molecule has 0 atom stereocenters. The second kappa shape index (κ2) is 5.17. The number of benzene rings is 1. The van der Waals surface area contributed by atoms with Crippen molar-refractivity contribution in [2.75, 3.05) is 5.32 Å². The topological polar surface area (TPSA) is 49.3 Å². The minimum absolute atomic E-state index is 0.0422. The van der Waals surface area contributed by atoms with Crippen LogP contribution < -0.4 is 5.32 Å². The van der Waals surface area contributed by atoms with Crippen molar-refractivity contribution in [2.45, 2.75) is 32.1 Å². The van der Waals surface area contributed by atoms with Crippen LogP contribution in [0.5, 0.6) is 5.75 Å². The Hall–Kier alpha value is -1.58. The number of phenolic OH excluding ortho intramolecular Hbond substituents is 1. The monoisotopic (exact) mass is 237 g/mol. The number of carbonyl (C=O) groups is 1. The number of phenols is 1. The van der Waals surface area contributed by atoms with Gasteiger partial charge in [0.1, 0.15) is 0 Å². The van der Waals surface area contributed by atoms with Gasteiger partial charge in [0.25, 0.3) is 0 Å². The summed E-state index contributed by atoms with van der Waals surface area (Å²) in [7, 11) is 0. The number of halogens is 1. The van der Waals surface area contributed by atoms with Gasteiger partial charge in [-0.1, -0.05) is 19.3 Å². The molecule has 1 aromatic rings. The quantitative estimate of drug-likeness (QED) is 0.777. The lowest BCUT2D eigenvalue weighted by atomic mass is 9.88. The molecule has 1 aliphatic rings. The van der Waals surface area contributed by atoms with Gasteiger partial charge >= 0.3 is 0 Å². The molecule has 0 aliphatic heterocycles. The van der Waals surface area contributed by atoms with Crippen LogP contribution in [0.2, 0.25) is 0 Å². The maximum atomic E-state index is 13.1. The van der Waals surface area contributed by atoms with Gasteiger partial charge in [0.15, 0.2) is 11.6 Å². The smallest absolute Gasteiger partial charge is 0.227 e. The Balaban J connectivity index is 1.99. The van der Waals surface area contributed by atoms with E-state index in [1.807, 2.05) is 0 Å². The predicted molar refractivity (Wildman–Crippen MR) is 63.3 cm³/mol. The highest BCUT2D eigenvalue weighted by Gasteiger charge is 2.21. The van der Waals surface area contributed by atoms with Crippen LogP contribution in [0, 0.1) is 11.7 Å². The lowest BCUT2D eigenvalue weighted by Gasteiger charge is -2.20. The molecule has 0 spiro atoms. The maximum Gasteiger partial charge on any atom is 0.227 e. The van der Waals surface area contributed by atoms with Gasteiger partial charge in [-0.3, -0.25) is 4.79 Å². The van der Waals surface area contributed by atoms with Crippen LogP contribution in [-0.4, -0.2) is 11.0 Å². The second-order valence-electron chi connectivity index (χ2n) is 4.49. The first kappa shape index (κ1) is 11.9. The van der Waals surface area contributed by atoms with Crippen molar-refractivity contribution in [2.24, 2.45) is 5.92 Å². The Morgan fingerprint density at radius 1 is 1.29 bits per heavy atom.